The SMILES string of the molecule is CCN(OC(F)F)S(=O)(=O)c1ccccc1. The molecule has 1 rings (SSSR count). The molecule has 0 heterocycles. The molecule has 0 radical (unpaired) electrons. The van der Waals surface area contributed by atoms with Crippen LogP contribution in [0.1, 0.15) is 6.92 Å². The second-order valence-corrected chi connectivity index (χ2v) is 4.63. The van der Waals surface area contributed by atoms with Crippen LogP contribution in [0.25, 0.3) is 0 Å². The summed E-state index contributed by atoms with van der Waals surface area (Å²) in [6.45, 7) is -1.96. The molecule has 0 fully saturated rings. The minimum atomic E-state index is -4.02. The van der Waals surface area contributed by atoms with E-state index in [1.165, 1.54) is 31.2 Å². The Morgan fingerprint density at radius 1 is 1.31 bits per heavy atom. The van der Waals surface area contributed by atoms with Gasteiger partial charge in [-0.2, -0.15) is 8.78 Å². The Labute approximate surface area is 92.4 Å². The predicted molar refractivity (Wildman–Crippen MR) is 53.1 cm³/mol. The zero-order valence-corrected chi connectivity index (χ0v) is 9.32. The molecule has 0 aliphatic heterocycles. The van der Waals surface area contributed by atoms with E-state index in [-0.39, 0.29) is 15.9 Å². The number of rotatable bonds is 5. The van der Waals surface area contributed by atoms with Gasteiger partial charge in [0.1, 0.15) is 0 Å². The Balaban J connectivity index is 3.00. The van der Waals surface area contributed by atoms with Gasteiger partial charge in [-0.3, -0.25) is 0 Å². The molecule has 90 valence electrons. The first-order valence-corrected chi connectivity index (χ1v) is 5.95. The quantitative estimate of drug-likeness (QED) is 0.750. The van der Waals surface area contributed by atoms with Gasteiger partial charge in [-0.25, -0.2) is 13.3 Å². The van der Waals surface area contributed by atoms with Gasteiger partial charge < -0.3 is 0 Å². The van der Waals surface area contributed by atoms with E-state index in [0.29, 0.717) is 0 Å². The van der Waals surface area contributed by atoms with Crippen molar-refractivity contribution in [2.75, 3.05) is 6.54 Å². The van der Waals surface area contributed by atoms with Crippen LogP contribution in [-0.4, -0.2) is 26.0 Å². The fourth-order valence-electron chi connectivity index (χ4n) is 1.10. The molecule has 7 heteroatoms. The topological polar surface area (TPSA) is 46.6 Å². The van der Waals surface area contributed by atoms with Crippen molar-refractivity contribution in [3.63, 3.8) is 0 Å². The predicted octanol–water partition coefficient (Wildman–Crippen LogP) is 1.85. The second-order valence-electron chi connectivity index (χ2n) is 2.80. The van der Waals surface area contributed by atoms with E-state index in [4.69, 9.17) is 0 Å². The lowest BCUT2D eigenvalue weighted by atomic mass is 10.4. The molecule has 4 nitrogen and oxygen atoms in total. The van der Waals surface area contributed by atoms with Crippen LogP contribution >= 0.6 is 0 Å². The first-order chi connectivity index (χ1) is 7.48. The van der Waals surface area contributed by atoms with Crippen molar-refractivity contribution in [1.29, 1.82) is 0 Å². The molecule has 0 unspecified atom stereocenters. The van der Waals surface area contributed by atoms with Gasteiger partial charge in [-0.05, 0) is 19.1 Å². The maximum Gasteiger partial charge on any atom is 0.361 e. The standard InChI is InChI=1S/C9H11F2NO3S/c1-2-12(15-9(10)11)16(13,14)8-6-4-3-5-7-8/h3-7,9H,2H2,1H3. The van der Waals surface area contributed by atoms with Gasteiger partial charge in [0.05, 0.1) is 4.90 Å². The number of sulfonamides is 1. The highest BCUT2D eigenvalue weighted by molar-refractivity contribution is 7.89. The summed E-state index contributed by atoms with van der Waals surface area (Å²) in [7, 11) is -4.02. The van der Waals surface area contributed by atoms with Gasteiger partial charge in [0.2, 0.25) is 0 Å². The van der Waals surface area contributed by atoms with Gasteiger partial charge in [-0.1, -0.05) is 22.7 Å². The molecule has 0 spiro atoms. The Bertz CT molecular complexity index is 422. The Morgan fingerprint density at radius 2 is 1.88 bits per heavy atom. The van der Waals surface area contributed by atoms with Crippen molar-refractivity contribution in [3.05, 3.63) is 30.3 Å². The minimum Gasteiger partial charge on any atom is -0.216 e. The molecule has 0 aliphatic carbocycles. The highest BCUT2D eigenvalue weighted by atomic mass is 32.2. The molecule has 0 saturated carbocycles. The van der Waals surface area contributed by atoms with Gasteiger partial charge in [0.15, 0.2) is 0 Å². The molecule has 1 aromatic rings. The molecule has 0 N–H and O–H groups in total. The molecule has 0 saturated heterocycles. The third-order valence-electron chi connectivity index (χ3n) is 1.76. The summed E-state index contributed by atoms with van der Waals surface area (Å²) in [5.41, 5.74) is 0. The fourth-order valence-corrected chi connectivity index (χ4v) is 2.35. The number of hydroxylamine groups is 1. The summed E-state index contributed by atoms with van der Waals surface area (Å²) in [6, 6.07) is 7.26. The fraction of sp³-hybridized carbons (Fsp3) is 0.333. The monoisotopic (exact) mass is 251 g/mol. The maximum absolute atomic E-state index is 12.0. The average molecular weight is 251 g/mol. The molecule has 1 aromatic carbocycles. The van der Waals surface area contributed by atoms with Crippen LogP contribution in [0, 0.1) is 0 Å². The zero-order valence-electron chi connectivity index (χ0n) is 8.51. The van der Waals surface area contributed by atoms with Crippen molar-refractivity contribution < 1.29 is 22.0 Å². The lowest BCUT2D eigenvalue weighted by molar-refractivity contribution is -0.238. The number of alkyl halides is 2. The summed E-state index contributed by atoms with van der Waals surface area (Å²) in [4.78, 5) is 3.85. The smallest absolute Gasteiger partial charge is 0.216 e. The molecule has 0 atom stereocenters. The lowest BCUT2D eigenvalue weighted by Gasteiger charge is -2.18. The second kappa shape index (κ2) is 5.33. The number of halogens is 2. The number of hydrogen-bond donors (Lipinski definition) is 0. The molecule has 0 amide bonds. The van der Waals surface area contributed by atoms with Crippen LogP contribution in [-0.2, 0) is 14.9 Å². The molecular weight excluding hydrogens is 240 g/mol. The van der Waals surface area contributed by atoms with E-state index < -0.39 is 16.6 Å². The van der Waals surface area contributed by atoms with E-state index in [9.17, 15) is 17.2 Å². The number of hydrogen-bond acceptors (Lipinski definition) is 3. The maximum atomic E-state index is 12.0. The first-order valence-electron chi connectivity index (χ1n) is 4.51. The van der Waals surface area contributed by atoms with Crippen LogP contribution < -0.4 is 0 Å². The minimum absolute atomic E-state index is 0.0856. The summed E-state index contributed by atoms with van der Waals surface area (Å²) in [5, 5.41) is 0. The Morgan fingerprint density at radius 3 is 2.31 bits per heavy atom. The van der Waals surface area contributed by atoms with Crippen molar-refractivity contribution in [2.45, 2.75) is 18.4 Å². The van der Waals surface area contributed by atoms with E-state index in [1.807, 2.05) is 0 Å². The molecule has 0 aliphatic rings. The van der Waals surface area contributed by atoms with E-state index in [0.717, 1.165) is 0 Å². The number of nitrogens with zero attached hydrogens (tertiary/aromatic N) is 1. The highest BCUT2D eigenvalue weighted by Crippen LogP contribution is 2.16. The van der Waals surface area contributed by atoms with Crippen LogP contribution in [0.3, 0.4) is 0 Å². The largest absolute Gasteiger partial charge is 0.361 e. The van der Waals surface area contributed by atoms with Crippen molar-refractivity contribution in [2.24, 2.45) is 0 Å². The van der Waals surface area contributed by atoms with E-state index >= 15 is 0 Å². The number of benzene rings is 1. The van der Waals surface area contributed by atoms with E-state index in [1.54, 1.807) is 6.07 Å². The summed E-state index contributed by atoms with van der Waals surface area (Å²) >= 11 is 0. The van der Waals surface area contributed by atoms with Gasteiger partial charge >= 0.3 is 6.61 Å². The van der Waals surface area contributed by atoms with Crippen LogP contribution in [0.4, 0.5) is 8.78 Å². The third-order valence-corrected chi connectivity index (χ3v) is 3.51. The zero-order chi connectivity index (χ0) is 12.2. The van der Waals surface area contributed by atoms with Crippen LogP contribution in [0.5, 0.6) is 0 Å². The first kappa shape index (κ1) is 13.0. The molecule has 16 heavy (non-hydrogen) atoms. The van der Waals surface area contributed by atoms with Gasteiger partial charge in [0, 0.05) is 6.54 Å². The molecule has 0 aromatic heterocycles. The van der Waals surface area contributed by atoms with E-state index in [2.05, 4.69) is 4.84 Å². The Kier molecular flexibility index (Phi) is 4.34. The summed E-state index contributed by atoms with van der Waals surface area (Å²) in [5.74, 6) is 0. The lowest BCUT2D eigenvalue weighted by Crippen LogP contribution is -2.32. The molecular formula is C9H11F2NO3S. The van der Waals surface area contributed by atoms with Crippen molar-refractivity contribution in [3.8, 4) is 0 Å². The highest BCUT2D eigenvalue weighted by Gasteiger charge is 2.26. The summed E-state index contributed by atoms with van der Waals surface area (Å²) < 4.78 is 47.8. The normalized spacial score (nSPS) is 12.3. The summed E-state index contributed by atoms with van der Waals surface area (Å²) in [6.07, 6.45) is 0. The van der Waals surface area contributed by atoms with Crippen molar-refractivity contribution in [1.82, 2.24) is 4.47 Å². The van der Waals surface area contributed by atoms with Crippen LogP contribution in [0.15, 0.2) is 35.2 Å². The van der Waals surface area contributed by atoms with Gasteiger partial charge in [0.25, 0.3) is 10.0 Å². The molecule has 0 bridgehead atoms. The van der Waals surface area contributed by atoms with Crippen molar-refractivity contribution >= 4 is 10.0 Å². The van der Waals surface area contributed by atoms with Crippen LogP contribution in [0.2, 0.25) is 0 Å². The van der Waals surface area contributed by atoms with Gasteiger partial charge in [-0.15, -0.1) is 0 Å². The Hall–Kier alpha value is -1.05. The third kappa shape index (κ3) is 2.97. The average Bonchev–Trinajstić information content (AvgIpc) is 2.26.